The Labute approximate surface area is 184 Å². The second-order valence-electron chi connectivity index (χ2n) is 7.70. The predicted molar refractivity (Wildman–Crippen MR) is 112 cm³/mol. The first-order chi connectivity index (χ1) is 15.1. The Balaban J connectivity index is 2.23. The molecule has 1 N–H and O–H groups in total. The molecule has 2 heterocycles. The van der Waals surface area contributed by atoms with Crippen LogP contribution in [0.25, 0.3) is 0 Å². The van der Waals surface area contributed by atoms with E-state index >= 15 is 0 Å². The summed E-state index contributed by atoms with van der Waals surface area (Å²) >= 11 is 0. The first-order valence-electron chi connectivity index (χ1n) is 10.2. The number of nitrogens with zero attached hydrogens (tertiary/aromatic N) is 1. The highest BCUT2D eigenvalue weighted by Crippen LogP contribution is 2.48. The summed E-state index contributed by atoms with van der Waals surface area (Å²) in [5.41, 5.74) is 0.343. The third kappa shape index (κ3) is 4.98. The van der Waals surface area contributed by atoms with Crippen LogP contribution in [0.3, 0.4) is 0 Å². The second-order valence-corrected chi connectivity index (χ2v) is 7.70. The first kappa shape index (κ1) is 23.4. The predicted octanol–water partition coefficient (Wildman–Crippen LogP) is 6.10. The first-order valence-corrected chi connectivity index (χ1v) is 10.2. The maximum atomic E-state index is 13.9. The van der Waals surface area contributed by atoms with E-state index in [1.54, 1.807) is 19.9 Å². The van der Waals surface area contributed by atoms with E-state index in [-0.39, 0.29) is 29.7 Å². The molecule has 3 rings (SSSR count). The molecule has 0 bridgehead atoms. The Bertz CT molecular complexity index is 1020. The van der Waals surface area contributed by atoms with Crippen molar-refractivity contribution < 1.29 is 32.2 Å². The molecule has 9 heteroatoms. The fourth-order valence-corrected chi connectivity index (χ4v) is 3.49. The van der Waals surface area contributed by atoms with E-state index in [0.29, 0.717) is 23.6 Å². The zero-order valence-electron chi connectivity index (χ0n) is 18.2. The molecule has 1 aliphatic heterocycles. The minimum atomic E-state index is -4.62. The van der Waals surface area contributed by atoms with E-state index < -0.39 is 23.8 Å². The van der Waals surface area contributed by atoms with Crippen LogP contribution in [0.5, 0.6) is 5.88 Å². The van der Waals surface area contributed by atoms with Gasteiger partial charge < -0.3 is 19.5 Å². The van der Waals surface area contributed by atoms with Crippen LogP contribution in [0, 0.1) is 5.92 Å². The van der Waals surface area contributed by atoms with Crippen LogP contribution in [0.1, 0.15) is 50.3 Å². The summed E-state index contributed by atoms with van der Waals surface area (Å²) in [5, 5.41) is 3.09. The molecule has 32 heavy (non-hydrogen) atoms. The molecule has 0 aliphatic carbocycles. The smallest absolute Gasteiger partial charge is 0.477 e. The number of hydrogen-bond acceptors (Lipinski definition) is 6. The van der Waals surface area contributed by atoms with E-state index in [2.05, 4.69) is 10.3 Å². The van der Waals surface area contributed by atoms with Gasteiger partial charge in [-0.15, -0.1) is 0 Å². The number of anilines is 1. The minimum absolute atomic E-state index is 0.00459. The molecule has 0 fully saturated rings. The molecule has 1 aliphatic rings. The topological polar surface area (TPSA) is 69.7 Å². The molecule has 172 valence electrons. The highest BCUT2D eigenvalue weighted by atomic mass is 19.4. The fraction of sp³-hybridized carbons (Fsp3) is 0.391. The van der Waals surface area contributed by atoms with Gasteiger partial charge in [-0.3, -0.25) is 0 Å². The van der Waals surface area contributed by atoms with E-state index in [9.17, 15) is 18.0 Å². The number of carbonyl (C=O) groups is 1. The van der Waals surface area contributed by atoms with Gasteiger partial charge in [-0.25, -0.2) is 9.78 Å². The molecule has 1 aromatic heterocycles. The van der Waals surface area contributed by atoms with Gasteiger partial charge in [0.15, 0.2) is 0 Å². The van der Waals surface area contributed by atoms with Crippen molar-refractivity contribution in [1.82, 2.24) is 4.98 Å². The number of fused-ring (bicyclic) bond motifs is 1. The van der Waals surface area contributed by atoms with Gasteiger partial charge in [0, 0.05) is 11.9 Å². The average Bonchev–Trinajstić information content (AvgIpc) is 2.72. The number of ether oxygens (including phenoxy) is 3. The van der Waals surface area contributed by atoms with Gasteiger partial charge in [0.2, 0.25) is 5.88 Å². The highest BCUT2D eigenvalue weighted by Gasteiger charge is 2.41. The lowest BCUT2D eigenvalue weighted by Crippen LogP contribution is -2.25. The molecule has 0 saturated heterocycles. The third-order valence-electron chi connectivity index (χ3n) is 4.78. The number of pyridine rings is 1. The maximum absolute atomic E-state index is 13.9. The van der Waals surface area contributed by atoms with Crippen LogP contribution in [0.2, 0.25) is 0 Å². The molecule has 0 radical (unpaired) electrons. The number of hydrogen-bond donors (Lipinski definition) is 1. The molecular formula is C23H25F3N2O4. The summed E-state index contributed by atoms with van der Waals surface area (Å²) in [4.78, 5) is 16.4. The molecule has 0 spiro atoms. The van der Waals surface area contributed by atoms with Crippen LogP contribution < -0.4 is 10.1 Å². The summed E-state index contributed by atoms with van der Waals surface area (Å²) < 4.78 is 57.9. The normalized spacial score (nSPS) is 15.8. The lowest BCUT2D eigenvalue weighted by molar-refractivity contribution is -0.138. The van der Waals surface area contributed by atoms with E-state index in [0.717, 1.165) is 6.07 Å². The van der Waals surface area contributed by atoms with Crippen LogP contribution in [-0.4, -0.2) is 24.4 Å². The number of carbonyl (C=O) groups excluding carboxylic acids is 1. The number of allylic oxidation sites excluding steroid dienone is 2. The summed E-state index contributed by atoms with van der Waals surface area (Å²) in [6, 6.07) is 6.83. The van der Waals surface area contributed by atoms with Crippen molar-refractivity contribution in [2.24, 2.45) is 5.92 Å². The van der Waals surface area contributed by atoms with Crippen LogP contribution in [-0.2, 0) is 15.7 Å². The standard InChI is InChI=1S/C23H25F3N2O4/c1-5-30-22(29)32-20-14(4)28-17-10-11-27-21(31-12-13(2)3)19(17)18(20)15-8-6-7-9-16(15)23(24,25)26/h6-11,13,18,28H,5,12H2,1-4H3. The van der Waals surface area contributed by atoms with Gasteiger partial charge in [0.05, 0.1) is 36.0 Å². The van der Waals surface area contributed by atoms with Gasteiger partial charge in [-0.2, -0.15) is 13.2 Å². The molecule has 0 saturated carbocycles. The van der Waals surface area contributed by atoms with Gasteiger partial charge in [-0.1, -0.05) is 32.0 Å². The van der Waals surface area contributed by atoms with Crippen molar-refractivity contribution in [3.63, 3.8) is 0 Å². The Morgan fingerprint density at radius 3 is 2.59 bits per heavy atom. The van der Waals surface area contributed by atoms with Crippen molar-refractivity contribution in [3.05, 3.63) is 64.7 Å². The number of benzene rings is 1. The molecule has 2 aromatic rings. The largest absolute Gasteiger partial charge is 0.513 e. The Morgan fingerprint density at radius 1 is 1.22 bits per heavy atom. The average molecular weight is 450 g/mol. The van der Waals surface area contributed by atoms with Crippen molar-refractivity contribution in [2.75, 3.05) is 18.5 Å². The highest BCUT2D eigenvalue weighted by molar-refractivity contribution is 5.70. The molecule has 0 amide bonds. The van der Waals surface area contributed by atoms with Gasteiger partial charge in [-0.05, 0) is 37.5 Å². The Hall–Kier alpha value is -3.23. The lowest BCUT2D eigenvalue weighted by Gasteiger charge is -2.32. The summed E-state index contributed by atoms with van der Waals surface area (Å²) in [6.07, 6.45) is -4.11. The minimum Gasteiger partial charge on any atom is -0.477 e. The Kier molecular flexibility index (Phi) is 6.96. The number of alkyl halides is 3. The van der Waals surface area contributed by atoms with Gasteiger partial charge in [0.25, 0.3) is 0 Å². The zero-order valence-corrected chi connectivity index (χ0v) is 18.2. The molecule has 1 atom stereocenters. The van der Waals surface area contributed by atoms with Crippen LogP contribution in [0.15, 0.2) is 48.0 Å². The van der Waals surface area contributed by atoms with Crippen molar-refractivity contribution in [3.8, 4) is 5.88 Å². The lowest BCUT2D eigenvalue weighted by atomic mass is 9.83. The second kappa shape index (κ2) is 9.50. The van der Waals surface area contributed by atoms with Crippen LogP contribution in [0.4, 0.5) is 23.7 Å². The number of nitrogens with one attached hydrogen (secondary N) is 1. The third-order valence-corrected chi connectivity index (χ3v) is 4.78. The van der Waals surface area contributed by atoms with Crippen molar-refractivity contribution >= 4 is 11.8 Å². The molecular weight excluding hydrogens is 425 g/mol. The van der Waals surface area contributed by atoms with Gasteiger partial charge >= 0.3 is 12.3 Å². The number of halogens is 3. The quantitative estimate of drug-likeness (QED) is 0.537. The van der Waals surface area contributed by atoms with Gasteiger partial charge in [0.1, 0.15) is 5.76 Å². The number of aromatic nitrogens is 1. The molecule has 1 aromatic carbocycles. The Morgan fingerprint density at radius 2 is 1.94 bits per heavy atom. The van der Waals surface area contributed by atoms with E-state index in [1.807, 2.05) is 13.8 Å². The monoisotopic (exact) mass is 450 g/mol. The van der Waals surface area contributed by atoms with Crippen LogP contribution >= 0.6 is 0 Å². The summed E-state index contributed by atoms with van der Waals surface area (Å²) in [5.74, 6) is -0.764. The van der Waals surface area contributed by atoms with Crippen molar-refractivity contribution in [1.29, 1.82) is 0 Å². The summed E-state index contributed by atoms with van der Waals surface area (Å²) in [7, 11) is 0. The zero-order chi connectivity index (χ0) is 23.5. The maximum Gasteiger partial charge on any atom is 0.513 e. The SMILES string of the molecule is CCOC(=O)OC1=C(C)Nc2ccnc(OCC(C)C)c2C1c1ccccc1C(F)(F)F. The van der Waals surface area contributed by atoms with E-state index in [1.165, 1.54) is 24.4 Å². The van der Waals surface area contributed by atoms with E-state index in [4.69, 9.17) is 14.2 Å². The van der Waals surface area contributed by atoms with Crippen molar-refractivity contribution in [2.45, 2.75) is 39.8 Å². The molecule has 6 nitrogen and oxygen atoms in total. The fourth-order valence-electron chi connectivity index (χ4n) is 3.49. The summed E-state index contributed by atoms with van der Waals surface area (Å²) in [6.45, 7) is 7.49. The molecule has 1 unspecified atom stereocenters. The number of rotatable bonds is 6.